The lowest BCUT2D eigenvalue weighted by Gasteiger charge is -2.36. The van der Waals surface area contributed by atoms with Gasteiger partial charge in [0.2, 0.25) is 5.69 Å². The van der Waals surface area contributed by atoms with E-state index in [1.807, 2.05) is 12.3 Å². The molecule has 0 radical (unpaired) electrons. The number of carbonyl (C=O) groups is 1. The Kier molecular flexibility index (Phi) is 5.41. The van der Waals surface area contributed by atoms with Crippen molar-refractivity contribution in [2.24, 2.45) is 0 Å². The fourth-order valence-corrected chi connectivity index (χ4v) is 4.74. The Morgan fingerprint density at radius 1 is 1.33 bits per heavy atom. The van der Waals surface area contributed by atoms with E-state index in [1.54, 1.807) is 11.1 Å². The Labute approximate surface area is 192 Å². The molecule has 2 aliphatic heterocycles. The first kappa shape index (κ1) is 21.6. The number of hydrogen-bond acceptors (Lipinski definition) is 5. The van der Waals surface area contributed by atoms with Crippen LogP contribution in [0.2, 0.25) is 0 Å². The molecule has 8 nitrogen and oxygen atoms in total. The Morgan fingerprint density at radius 3 is 2.91 bits per heavy atom. The summed E-state index contributed by atoms with van der Waals surface area (Å²) in [6.07, 6.45) is 4.22. The van der Waals surface area contributed by atoms with Crippen LogP contribution in [-0.4, -0.2) is 57.8 Å². The molecule has 1 aromatic carbocycles. The van der Waals surface area contributed by atoms with Crippen molar-refractivity contribution >= 4 is 22.6 Å². The monoisotopic (exact) mass is 445 g/mol. The lowest BCUT2D eigenvalue weighted by molar-refractivity contribution is -0.148. The highest BCUT2D eigenvalue weighted by Gasteiger charge is 2.33. The molecule has 0 bridgehead atoms. The summed E-state index contributed by atoms with van der Waals surface area (Å²) in [7, 11) is 0. The smallest absolute Gasteiger partial charge is 0.254 e. The van der Waals surface area contributed by atoms with E-state index in [4.69, 9.17) is 11.3 Å². The van der Waals surface area contributed by atoms with Crippen molar-refractivity contribution in [3.63, 3.8) is 0 Å². The SMILES string of the molecule is [C-]#[N+]c1c[nH]c2ncc(-c3cc4c(c([C@@H]5COCCN5)c3)CN(C(=O)C(C)(C)O)CC4)cc12. The molecule has 3 N–H and O–H groups in total. The number of benzene rings is 1. The van der Waals surface area contributed by atoms with E-state index in [1.165, 1.54) is 19.4 Å². The van der Waals surface area contributed by atoms with Crippen molar-refractivity contribution in [2.75, 3.05) is 26.3 Å². The van der Waals surface area contributed by atoms with E-state index in [2.05, 4.69) is 32.3 Å². The van der Waals surface area contributed by atoms with Crippen molar-refractivity contribution in [1.82, 2.24) is 20.2 Å². The van der Waals surface area contributed by atoms with Gasteiger partial charge in [0.1, 0.15) is 11.2 Å². The summed E-state index contributed by atoms with van der Waals surface area (Å²) in [5.74, 6) is -0.259. The Hall–Kier alpha value is -3.25. The summed E-state index contributed by atoms with van der Waals surface area (Å²) in [6, 6.07) is 6.35. The number of nitrogens with zero attached hydrogens (tertiary/aromatic N) is 3. The number of nitrogens with one attached hydrogen (secondary N) is 2. The summed E-state index contributed by atoms with van der Waals surface area (Å²) in [5.41, 5.74) is 5.24. The van der Waals surface area contributed by atoms with Gasteiger partial charge in [-0.3, -0.25) is 4.79 Å². The fourth-order valence-electron chi connectivity index (χ4n) is 4.74. The third-order valence-corrected chi connectivity index (χ3v) is 6.45. The maximum atomic E-state index is 12.8. The van der Waals surface area contributed by atoms with E-state index in [0.717, 1.165) is 34.2 Å². The zero-order chi connectivity index (χ0) is 23.2. The van der Waals surface area contributed by atoms with Crippen LogP contribution in [0.5, 0.6) is 0 Å². The third kappa shape index (κ3) is 4.00. The topological polar surface area (TPSA) is 94.8 Å². The van der Waals surface area contributed by atoms with Crippen LogP contribution in [-0.2, 0) is 22.5 Å². The van der Waals surface area contributed by atoms with Gasteiger partial charge in [0.25, 0.3) is 5.91 Å². The van der Waals surface area contributed by atoms with Crippen molar-refractivity contribution < 1.29 is 14.6 Å². The second-order valence-electron chi connectivity index (χ2n) is 9.23. The highest BCUT2D eigenvalue weighted by molar-refractivity contribution is 5.93. The standard InChI is InChI=1S/C25H27N5O3/c1-25(2,32)24(31)30-6-4-15-8-16(9-18(20(15)13-30)22-14-33-7-5-27-22)17-10-19-21(26-3)12-29-23(19)28-11-17/h8-12,22,27,32H,4-7,13-14H2,1-2H3,(H,28,29)/t22-/m0/s1. The van der Waals surface area contributed by atoms with Crippen LogP contribution in [0.25, 0.3) is 27.0 Å². The van der Waals surface area contributed by atoms with Gasteiger partial charge in [0.15, 0.2) is 0 Å². The summed E-state index contributed by atoms with van der Waals surface area (Å²) in [6.45, 7) is 13.5. The number of ether oxygens (including phenoxy) is 1. The molecule has 4 heterocycles. The minimum absolute atomic E-state index is 0.0207. The predicted molar refractivity (Wildman–Crippen MR) is 125 cm³/mol. The highest BCUT2D eigenvalue weighted by Crippen LogP contribution is 2.35. The molecule has 1 saturated heterocycles. The number of amides is 1. The number of carbonyl (C=O) groups excluding carboxylic acids is 1. The quantitative estimate of drug-likeness (QED) is 0.539. The molecule has 5 rings (SSSR count). The van der Waals surface area contributed by atoms with E-state index >= 15 is 0 Å². The molecular weight excluding hydrogens is 418 g/mol. The van der Waals surface area contributed by atoms with Crippen LogP contribution in [0, 0.1) is 6.57 Å². The van der Waals surface area contributed by atoms with Gasteiger partial charge in [-0.2, -0.15) is 0 Å². The highest BCUT2D eigenvalue weighted by atomic mass is 16.5. The number of aliphatic hydroxyl groups is 1. The minimum Gasteiger partial charge on any atom is -0.381 e. The van der Waals surface area contributed by atoms with Crippen molar-refractivity contribution in [3.05, 3.63) is 58.7 Å². The molecule has 1 atom stereocenters. The molecular formula is C25H27N5O3. The molecule has 0 saturated carbocycles. The molecule has 1 fully saturated rings. The Balaban J connectivity index is 1.59. The number of aromatic nitrogens is 2. The zero-order valence-electron chi connectivity index (χ0n) is 18.8. The van der Waals surface area contributed by atoms with Crippen LogP contribution in [0.4, 0.5) is 5.69 Å². The number of aromatic amines is 1. The van der Waals surface area contributed by atoms with Gasteiger partial charge in [-0.1, -0.05) is 12.1 Å². The van der Waals surface area contributed by atoms with E-state index in [-0.39, 0.29) is 11.9 Å². The van der Waals surface area contributed by atoms with Crippen LogP contribution < -0.4 is 5.32 Å². The Bertz CT molecular complexity index is 1260. The summed E-state index contributed by atoms with van der Waals surface area (Å²) in [4.78, 5) is 25.7. The lowest BCUT2D eigenvalue weighted by atomic mass is 9.87. The number of rotatable bonds is 3. The maximum Gasteiger partial charge on any atom is 0.254 e. The second-order valence-corrected chi connectivity index (χ2v) is 9.23. The first-order valence-corrected chi connectivity index (χ1v) is 11.2. The average Bonchev–Trinajstić information content (AvgIpc) is 3.25. The van der Waals surface area contributed by atoms with Crippen molar-refractivity contribution in [3.8, 4) is 11.1 Å². The zero-order valence-corrected chi connectivity index (χ0v) is 18.8. The van der Waals surface area contributed by atoms with Gasteiger partial charge >= 0.3 is 0 Å². The largest absolute Gasteiger partial charge is 0.381 e. The number of H-pyrrole nitrogens is 1. The summed E-state index contributed by atoms with van der Waals surface area (Å²) < 4.78 is 5.75. The minimum atomic E-state index is -1.40. The summed E-state index contributed by atoms with van der Waals surface area (Å²) in [5, 5.41) is 14.6. The van der Waals surface area contributed by atoms with Gasteiger partial charge in [-0.15, -0.1) is 0 Å². The van der Waals surface area contributed by atoms with Crippen LogP contribution in [0.3, 0.4) is 0 Å². The molecule has 0 aliphatic carbocycles. The molecule has 170 valence electrons. The van der Waals surface area contributed by atoms with Gasteiger partial charge in [0, 0.05) is 37.4 Å². The molecule has 8 heteroatoms. The molecule has 0 spiro atoms. The first-order chi connectivity index (χ1) is 15.8. The van der Waals surface area contributed by atoms with Crippen LogP contribution >= 0.6 is 0 Å². The van der Waals surface area contributed by atoms with Crippen LogP contribution in [0.15, 0.2) is 30.6 Å². The third-order valence-electron chi connectivity index (χ3n) is 6.45. The number of fused-ring (bicyclic) bond motifs is 2. The lowest BCUT2D eigenvalue weighted by Crippen LogP contribution is -2.47. The molecule has 0 unspecified atom stereocenters. The van der Waals surface area contributed by atoms with Gasteiger partial charge in [-0.25, -0.2) is 9.83 Å². The van der Waals surface area contributed by atoms with Gasteiger partial charge in [-0.05, 0) is 54.2 Å². The maximum absolute atomic E-state index is 12.8. The molecule has 2 aromatic heterocycles. The first-order valence-electron chi connectivity index (χ1n) is 11.2. The number of pyridine rings is 1. The van der Waals surface area contributed by atoms with E-state index in [9.17, 15) is 9.90 Å². The predicted octanol–water partition coefficient (Wildman–Crippen LogP) is 3.10. The molecule has 3 aromatic rings. The second kappa shape index (κ2) is 8.27. The summed E-state index contributed by atoms with van der Waals surface area (Å²) >= 11 is 0. The molecule has 33 heavy (non-hydrogen) atoms. The fraction of sp³-hybridized carbons (Fsp3) is 0.400. The van der Waals surface area contributed by atoms with Gasteiger partial charge in [0.05, 0.1) is 25.8 Å². The number of morpholine rings is 1. The number of hydrogen-bond donors (Lipinski definition) is 3. The normalized spacial score (nSPS) is 18.7. The molecule has 2 aliphatic rings. The van der Waals surface area contributed by atoms with Crippen molar-refractivity contribution in [1.29, 1.82) is 0 Å². The van der Waals surface area contributed by atoms with E-state index in [0.29, 0.717) is 44.1 Å². The van der Waals surface area contributed by atoms with Gasteiger partial charge < -0.3 is 25.0 Å². The van der Waals surface area contributed by atoms with E-state index < -0.39 is 5.60 Å². The van der Waals surface area contributed by atoms with Crippen molar-refractivity contribution in [2.45, 2.75) is 38.5 Å². The van der Waals surface area contributed by atoms with Crippen LogP contribution in [0.1, 0.15) is 36.6 Å². The average molecular weight is 446 g/mol. The Morgan fingerprint density at radius 2 is 2.18 bits per heavy atom. The molecule has 1 amide bonds.